The van der Waals surface area contributed by atoms with Gasteiger partial charge in [-0.15, -0.1) is 11.3 Å². The van der Waals surface area contributed by atoms with Crippen LogP contribution in [0.2, 0.25) is 0 Å². The summed E-state index contributed by atoms with van der Waals surface area (Å²) in [5.74, 6) is -0.453. The van der Waals surface area contributed by atoms with Crippen molar-refractivity contribution in [2.45, 2.75) is 58.4 Å². The normalized spacial score (nSPS) is 16.8. The lowest BCUT2D eigenvalue weighted by atomic mass is 9.86. The molecule has 0 atom stereocenters. The summed E-state index contributed by atoms with van der Waals surface area (Å²) in [6.45, 7) is 6.95. The molecule has 4 nitrogen and oxygen atoms in total. The molecular formula is C15H24N2O2S. The van der Waals surface area contributed by atoms with Crippen LogP contribution in [0, 0.1) is 0 Å². The van der Waals surface area contributed by atoms with Crippen LogP contribution in [0.5, 0.6) is 0 Å². The summed E-state index contributed by atoms with van der Waals surface area (Å²) in [4.78, 5) is 18.9. The second kappa shape index (κ2) is 7.18. The van der Waals surface area contributed by atoms with Crippen LogP contribution >= 0.6 is 11.3 Å². The molecule has 0 spiro atoms. The molecule has 0 unspecified atom stereocenters. The molecule has 5 heteroatoms. The monoisotopic (exact) mass is 296 g/mol. The average Bonchev–Trinajstić information content (AvgIpc) is 2.90. The van der Waals surface area contributed by atoms with Gasteiger partial charge in [-0.3, -0.25) is 4.90 Å². The SMILES string of the molecule is CCN(CC)Cc1nc(C2CCCCC2)c(C(=O)O)s1. The zero-order valence-electron chi connectivity index (χ0n) is 12.4. The van der Waals surface area contributed by atoms with E-state index in [9.17, 15) is 9.90 Å². The maximum absolute atomic E-state index is 11.5. The predicted molar refractivity (Wildman–Crippen MR) is 81.5 cm³/mol. The highest BCUT2D eigenvalue weighted by molar-refractivity contribution is 7.13. The Bertz CT molecular complexity index is 449. The number of nitrogens with zero attached hydrogens (tertiary/aromatic N) is 2. The Labute approximate surface area is 124 Å². The Morgan fingerprint density at radius 2 is 1.95 bits per heavy atom. The molecule has 1 aromatic rings. The predicted octanol–water partition coefficient (Wildman–Crippen LogP) is 3.73. The van der Waals surface area contributed by atoms with Crippen LogP contribution in [-0.2, 0) is 6.54 Å². The molecule has 2 rings (SSSR count). The molecule has 1 saturated carbocycles. The second-order valence-corrected chi connectivity index (χ2v) is 6.51. The van der Waals surface area contributed by atoms with E-state index in [-0.39, 0.29) is 0 Å². The Morgan fingerprint density at radius 1 is 1.30 bits per heavy atom. The quantitative estimate of drug-likeness (QED) is 0.869. The summed E-state index contributed by atoms with van der Waals surface area (Å²) in [6.07, 6.45) is 5.86. The molecule has 0 saturated heterocycles. The summed E-state index contributed by atoms with van der Waals surface area (Å²) in [5.41, 5.74) is 0.851. The lowest BCUT2D eigenvalue weighted by molar-refractivity contribution is 0.0700. The molecule has 0 bridgehead atoms. The highest BCUT2D eigenvalue weighted by Gasteiger charge is 2.26. The first-order valence-electron chi connectivity index (χ1n) is 7.60. The molecule has 1 aliphatic carbocycles. The number of hydrogen-bond donors (Lipinski definition) is 1. The first-order valence-corrected chi connectivity index (χ1v) is 8.42. The number of aromatic carboxylic acids is 1. The molecule has 0 amide bonds. The smallest absolute Gasteiger partial charge is 0.347 e. The first kappa shape index (κ1) is 15.4. The van der Waals surface area contributed by atoms with Gasteiger partial charge in [0.05, 0.1) is 12.2 Å². The molecule has 0 radical (unpaired) electrons. The minimum absolute atomic E-state index is 0.358. The van der Waals surface area contributed by atoms with E-state index >= 15 is 0 Å². The molecule has 20 heavy (non-hydrogen) atoms. The van der Waals surface area contributed by atoms with E-state index in [0.29, 0.717) is 10.8 Å². The van der Waals surface area contributed by atoms with Gasteiger partial charge in [0, 0.05) is 5.92 Å². The van der Waals surface area contributed by atoms with E-state index in [2.05, 4.69) is 23.7 Å². The third-order valence-electron chi connectivity index (χ3n) is 4.14. The number of aromatic nitrogens is 1. The molecule has 0 aliphatic heterocycles. The zero-order chi connectivity index (χ0) is 14.5. The lowest BCUT2D eigenvalue weighted by Crippen LogP contribution is -2.22. The van der Waals surface area contributed by atoms with Crippen molar-refractivity contribution in [3.8, 4) is 0 Å². The summed E-state index contributed by atoms with van der Waals surface area (Å²) in [7, 11) is 0. The first-order chi connectivity index (χ1) is 9.65. The van der Waals surface area contributed by atoms with Gasteiger partial charge in [0.2, 0.25) is 0 Å². The van der Waals surface area contributed by atoms with Crippen LogP contribution in [0.25, 0.3) is 0 Å². The Morgan fingerprint density at radius 3 is 2.50 bits per heavy atom. The number of carboxylic acids is 1. The van der Waals surface area contributed by atoms with Gasteiger partial charge in [-0.25, -0.2) is 9.78 Å². The fourth-order valence-corrected chi connectivity index (χ4v) is 3.92. The van der Waals surface area contributed by atoms with Gasteiger partial charge in [0.1, 0.15) is 9.88 Å². The number of hydrogen-bond acceptors (Lipinski definition) is 4. The van der Waals surface area contributed by atoms with E-state index in [1.807, 2.05) is 0 Å². The number of thiazole rings is 1. The van der Waals surface area contributed by atoms with Crippen LogP contribution in [0.15, 0.2) is 0 Å². The van der Waals surface area contributed by atoms with Crippen molar-refractivity contribution in [1.82, 2.24) is 9.88 Å². The topological polar surface area (TPSA) is 53.4 Å². The van der Waals surface area contributed by atoms with Crippen LogP contribution in [-0.4, -0.2) is 34.0 Å². The fourth-order valence-electron chi connectivity index (χ4n) is 2.89. The molecule has 1 N–H and O–H groups in total. The number of rotatable bonds is 6. The molecular weight excluding hydrogens is 272 g/mol. The Hall–Kier alpha value is -0.940. The highest BCUT2D eigenvalue weighted by atomic mass is 32.1. The zero-order valence-corrected chi connectivity index (χ0v) is 13.2. The van der Waals surface area contributed by atoms with Crippen LogP contribution in [0.3, 0.4) is 0 Å². The van der Waals surface area contributed by atoms with Gasteiger partial charge < -0.3 is 5.11 Å². The van der Waals surface area contributed by atoms with Gasteiger partial charge in [-0.2, -0.15) is 0 Å². The standard InChI is InChI=1S/C15H24N2O2S/c1-3-17(4-2)10-12-16-13(14(20-12)15(18)19)11-8-6-5-7-9-11/h11H,3-10H2,1-2H3,(H,18,19). The minimum Gasteiger partial charge on any atom is -0.477 e. The van der Waals surface area contributed by atoms with Crippen LogP contribution in [0.4, 0.5) is 0 Å². The van der Waals surface area contributed by atoms with Crippen molar-refractivity contribution in [2.75, 3.05) is 13.1 Å². The van der Waals surface area contributed by atoms with Crippen molar-refractivity contribution in [2.24, 2.45) is 0 Å². The van der Waals surface area contributed by atoms with Gasteiger partial charge in [-0.1, -0.05) is 33.1 Å². The second-order valence-electron chi connectivity index (χ2n) is 5.42. The van der Waals surface area contributed by atoms with E-state index in [1.165, 1.54) is 30.6 Å². The van der Waals surface area contributed by atoms with Crippen molar-refractivity contribution < 1.29 is 9.90 Å². The summed E-state index contributed by atoms with van der Waals surface area (Å²) < 4.78 is 0. The molecule has 112 valence electrons. The molecule has 1 heterocycles. The average molecular weight is 296 g/mol. The van der Waals surface area contributed by atoms with Crippen molar-refractivity contribution in [3.05, 3.63) is 15.6 Å². The van der Waals surface area contributed by atoms with Gasteiger partial charge in [-0.05, 0) is 25.9 Å². The Balaban J connectivity index is 2.21. The van der Waals surface area contributed by atoms with Crippen molar-refractivity contribution in [1.29, 1.82) is 0 Å². The highest BCUT2D eigenvalue weighted by Crippen LogP contribution is 2.36. The molecule has 0 aromatic carbocycles. The third kappa shape index (κ3) is 3.58. The maximum atomic E-state index is 11.5. The van der Waals surface area contributed by atoms with Crippen molar-refractivity contribution in [3.63, 3.8) is 0 Å². The van der Waals surface area contributed by atoms with E-state index in [4.69, 9.17) is 0 Å². The Kier molecular flexibility index (Phi) is 5.54. The molecule has 1 aliphatic rings. The number of carbonyl (C=O) groups is 1. The maximum Gasteiger partial charge on any atom is 0.347 e. The van der Waals surface area contributed by atoms with Gasteiger partial charge >= 0.3 is 5.97 Å². The van der Waals surface area contributed by atoms with Crippen molar-refractivity contribution >= 4 is 17.3 Å². The minimum atomic E-state index is -0.811. The van der Waals surface area contributed by atoms with Gasteiger partial charge in [0.15, 0.2) is 0 Å². The molecule has 1 fully saturated rings. The van der Waals surface area contributed by atoms with E-state index in [0.717, 1.165) is 43.2 Å². The number of carboxylic acid groups (broad SMARTS) is 1. The van der Waals surface area contributed by atoms with Gasteiger partial charge in [0.25, 0.3) is 0 Å². The summed E-state index contributed by atoms with van der Waals surface area (Å²) in [6, 6.07) is 0. The largest absolute Gasteiger partial charge is 0.477 e. The van der Waals surface area contributed by atoms with E-state index < -0.39 is 5.97 Å². The summed E-state index contributed by atoms with van der Waals surface area (Å²) in [5, 5.41) is 10.4. The fraction of sp³-hybridized carbons (Fsp3) is 0.733. The lowest BCUT2D eigenvalue weighted by Gasteiger charge is -2.20. The van der Waals surface area contributed by atoms with E-state index in [1.54, 1.807) is 0 Å². The van der Waals surface area contributed by atoms with Crippen LogP contribution in [0.1, 0.15) is 72.2 Å². The van der Waals surface area contributed by atoms with Crippen LogP contribution < -0.4 is 0 Å². The third-order valence-corrected chi connectivity index (χ3v) is 5.18. The molecule has 1 aromatic heterocycles. The summed E-state index contributed by atoms with van der Waals surface area (Å²) >= 11 is 1.37.